The molecule has 0 spiro atoms. The summed E-state index contributed by atoms with van der Waals surface area (Å²) in [6.07, 6.45) is -0.258. The molecule has 0 heterocycles. The van der Waals surface area contributed by atoms with Crippen molar-refractivity contribution in [3.8, 4) is 0 Å². The number of carbonyl (C=O) groups is 1. The maximum Gasteiger partial charge on any atom is 0.394 e. The smallest absolute Gasteiger partial charge is 0.394 e. The van der Waals surface area contributed by atoms with Gasteiger partial charge in [-0.15, -0.1) is 0 Å². The number of amides is 1. The maximum atomic E-state index is 10.2. The van der Waals surface area contributed by atoms with E-state index in [1.807, 2.05) is 0 Å². The van der Waals surface area contributed by atoms with Crippen molar-refractivity contribution in [2.45, 2.75) is 0 Å². The second-order valence-corrected chi connectivity index (χ2v) is 1.77. The predicted octanol–water partition coefficient (Wildman–Crippen LogP) is -1.03. The lowest BCUT2D eigenvalue weighted by atomic mass is 10.9. The van der Waals surface area contributed by atoms with Crippen LogP contribution in [0.2, 0.25) is 0 Å². The molecule has 0 rings (SSSR count). The first-order chi connectivity index (χ1) is 3.18. The molecule has 0 atom stereocenters. The van der Waals surface area contributed by atoms with Gasteiger partial charge in [-0.25, -0.2) is 4.79 Å². The zero-order valence-corrected chi connectivity index (χ0v) is 6.76. The first kappa shape index (κ1) is 6.49. The lowest BCUT2D eigenvalue weighted by Gasteiger charge is -2.06. The summed E-state index contributed by atoms with van der Waals surface area (Å²) < 4.78 is 4.44. The third kappa shape index (κ3) is 2.22. The molecule has 0 bridgehead atoms. The fraction of sp³-hybridized carbons (Fsp3) is 0.667. The molecule has 3 nitrogen and oxygen atoms in total. The molecular weight excluding hydrogens is 110 g/mol. The molecule has 0 radical (unpaired) electrons. The molecule has 0 aromatic heterocycles. The van der Waals surface area contributed by atoms with E-state index in [1.165, 1.54) is 4.90 Å². The van der Waals surface area contributed by atoms with Crippen LogP contribution in [0.4, 0.5) is 4.79 Å². The second-order valence-electron chi connectivity index (χ2n) is 1.36. The number of hydrogen-bond donors (Lipinski definition) is 0. The van der Waals surface area contributed by atoms with Gasteiger partial charge in [-0.1, -0.05) is 0 Å². The number of nitrogens with zero attached hydrogens (tertiary/aromatic N) is 1. The standard InChI is InChI=1S/C3H9NO2Si/c1-4(2)3(5)6-7/h1-2,7H3. The third-order valence-electron chi connectivity index (χ3n) is 0.540. The molecular formula is C3H9NO2Si. The fourth-order valence-electron chi connectivity index (χ4n) is 0.183. The Bertz CT molecular complexity index is 73.3. The van der Waals surface area contributed by atoms with E-state index in [-0.39, 0.29) is 6.09 Å². The highest BCUT2D eigenvalue weighted by Gasteiger charge is 1.96. The van der Waals surface area contributed by atoms with Gasteiger partial charge in [0.2, 0.25) is 10.5 Å². The van der Waals surface area contributed by atoms with E-state index in [1.54, 1.807) is 14.1 Å². The van der Waals surface area contributed by atoms with Crippen LogP contribution in [0.1, 0.15) is 0 Å². The quantitative estimate of drug-likeness (QED) is 0.381. The minimum Gasteiger partial charge on any atom is -0.513 e. The summed E-state index contributed by atoms with van der Waals surface area (Å²) in [5, 5.41) is 0. The van der Waals surface area contributed by atoms with Gasteiger partial charge in [0, 0.05) is 14.1 Å². The van der Waals surface area contributed by atoms with Gasteiger partial charge in [0.25, 0.3) is 0 Å². The molecule has 0 N–H and O–H groups in total. The maximum absolute atomic E-state index is 10.2. The Morgan fingerprint density at radius 3 is 2.14 bits per heavy atom. The van der Waals surface area contributed by atoms with Crippen LogP contribution in [0, 0.1) is 0 Å². The summed E-state index contributed by atoms with van der Waals surface area (Å²) in [6.45, 7) is 0. The predicted molar refractivity (Wildman–Crippen MR) is 30.1 cm³/mol. The molecule has 42 valence electrons. The van der Waals surface area contributed by atoms with Gasteiger partial charge >= 0.3 is 6.09 Å². The molecule has 0 aromatic rings. The first-order valence-electron chi connectivity index (χ1n) is 1.93. The lowest BCUT2D eigenvalue weighted by molar-refractivity contribution is 0.176. The molecule has 0 unspecified atom stereocenters. The third-order valence-corrected chi connectivity index (χ3v) is 0.889. The van der Waals surface area contributed by atoms with Gasteiger partial charge in [-0.2, -0.15) is 0 Å². The van der Waals surface area contributed by atoms with Crippen molar-refractivity contribution in [2.75, 3.05) is 14.1 Å². The van der Waals surface area contributed by atoms with Crippen LogP contribution in [-0.2, 0) is 4.43 Å². The van der Waals surface area contributed by atoms with E-state index < -0.39 is 0 Å². The summed E-state index contributed by atoms with van der Waals surface area (Å²) in [5.74, 6) is 0. The highest BCUT2D eigenvalue weighted by molar-refractivity contribution is 6.04. The van der Waals surface area contributed by atoms with E-state index in [9.17, 15) is 4.79 Å². The van der Waals surface area contributed by atoms with Crippen LogP contribution in [0.5, 0.6) is 0 Å². The summed E-state index contributed by atoms with van der Waals surface area (Å²) in [7, 11) is 3.79. The van der Waals surface area contributed by atoms with Gasteiger partial charge < -0.3 is 9.33 Å². The van der Waals surface area contributed by atoms with E-state index in [2.05, 4.69) is 4.43 Å². The molecule has 4 heteroatoms. The minimum absolute atomic E-state index is 0.258. The molecule has 0 aliphatic heterocycles. The van der Waals surface area contributed by atoms with Crippen molar-refractivity contribution in [3.63, 3.8) is 0 Å². The summed E-state index contributed by atoms with van der Waals surface area (Å²) >= 11 is 0. The zero-order chi connectivity index (χ0) is 5.86. The van der Waals surface area contributed by atoms with E-state index in [0.29, 0.717) is 10.5 Å². The monoisotopic (exact) mass is 119 g/mol. The molecule has 7 heavy (non-hydrogen) atoms. The Hall–Kier alpha value is -0.513. The molecule has 0 aromatic carbocycles. The average molecular weight is 119 g/mol. The SMILES string of the molecule is CN(C)C(=O)O[SiH3]. The van der Waals surface area contributed by atoms with E-state index in [4.69, 9.17) is 0 Å². The number of rotatable bonds is 0. The topological polar surface area (TPSA) is 29.5 Å². The van der Waals surface area contributed by atoms with Crippen molar-refractivity contribution in [1.29, 1.82) is 0 Å². The number of carbonyl (C=O) groups excluding carboxylic acids is 1. The van der Waals surface area contributed by atoms with Crippen molar-refractivity contribution in [1.82, 2.24) is 4.90 Å². The van der Waals surface area contributed by atoms with Crippen LogP contribution in [0.25, 0.3) is 0 Å². The summed E-state index contributed by atoms with van der Waals surface area (Å²) in [6, 6.07) is 0. The van der Waals surface area contributed by atoms with Gasteiger partial charge in [0.1, 0.15) is 0 Å². The largest absolute Gasteiger partial charge is 0.513 e. The minimum atomic E-state index is -0.258. The zero-order valence-electron chi connectivity index (χ0n) is 4.76. The Morgan fingerprint density at radius 1 is 1.71 bits per heavy atom. The fourth-order valence-corrected chi connectivity index (χ4v) is 0.548. The molecule has 0 fully saturated rings. The normalized spacial score (nSPS) is 8.29. The Kier molecular flexibility index (Phi) is 2.43. The Balaban J connectivity index is 3.35. The van der Waals surface area contributed by atoms with Gasteiger partial charge in [-0.3, -0.25) is 0 Å². The molecule has 0 saturated carbocycles. The Morgan fingerprint density at radius 2 is 2.14 bits per heavy atom. The second kappa shape index (κ2) is 2.63. The summed E-state index contributed by atoms with van der Waals surface area (Å²) in [5.41, 5.74) is 0. The Labute approximate surface area is 45.8 Å². The van der Waals surface area contributed by atoms with Crippen LogP contribution >= 0.6 is 0 Å². The average Bonchev–Trinajstić information content (AvgIpc) is 1.65. The van der Waals surface area contributed by atoms with Gasteiger partial charge in [-0.05, 0) is 0 Å². The molecule has 1 amide bonds. The van der Waals surface area contributed by atoms with Crippen molar-refractivity contribution in [3.05, 3.63) is 0 Å². The molecule has 0 saturated heterocycles. The van der Waals surface area contributed by atoms with Crippen molar-refractivity contribution >= 4 is 16.6 Å². The summed E-state index contributed by atoms with van der Waals surface area (Å²) in [4.78, 5) is 11.6. The molecule has 0 aliphatic carbocycles. The van der Waals surface area contributed by atoms with Gasteiger partial charge in [0.05, 0.1) is 0 Å². The van der Waals surface area contributed by atoms with Crippen LogP contribution in [0.3, 0.4) is 0 Å². The van der Waals surface area contributed by atoms with Gasteiger partial charge in [0.15, 0.2) is 0 Å². The molecule has 0 aliphatic rings. The van der Waals surface area contributed by atoms with E-state index >= 15 is 0 Å². The van der Waals surface area contributed by atoms with Crippen LogP contribution in [-0.4, -0.2) is 35.6 Å². The first-order valence-corrected chi connectivity index (χ1v) is 2.75. The van der Waals surface area contributed by atoms with Crippen molar-refractivity contribution < 1.29 is 9.22 Å². The lowest BCUT2D eigenvalue weighted by Crippen LogP contribution is -2.21. The van der Waals surface area contributed by atoms with Crippen LogP contribution in [0.15, 0.2) is 0 Å². The van der Waals surface area contributed by atoms with Crippen molar-refractivity contribution in [2.24, 2.45) is 0 Å². The highest BCUT2D eigenvalue weighted by Crippen LogP contribution is 1.77. The highest BCUT2D eigenvalue weighted by atomic mass is 28.2. The number of hydrogen-bond acceptors (Lipinski definition) is 2. The van der Waals surface area contributed by atoms with E-state index in [0.717, 1.165) is 0 Å². The van der Waals surface area contributed by atoms with Crippen LogP contribution < -0.4 is 0 Å².